The Bertz CT molecular complexity index is 806. The first-order valence-corrected chi connectivity index (χ1v) is 14.5. The molecule has 0 radical (unpaired) electrons. The summed E-state index contributed by atoms with van der Waals surface area (Å²) >= 11 is 3.54. The lowest BCUT2D eigenvalue weighted by Crippen LogP contribution is -2.51. The first-order valence-electron chi connectivity index (χ1n) is 11.6. The highest BCUT2D eigenvalue weighted by Gasteiger charge is 2.50. The fourth-order valence-corrected chi connectivity index (χ4v) is 9.33. The van der Waals surface area contributed by atoms with E-state index in [-0.39, 0.29) is 15.9 Å². The zero-order chi connectivity index (χ0) is 22.5. The van der Waals surface area contributed by atoms with Crippen molar-refractivity contribution in [1.82, 2.24) is 0 Å². The number of halogens is 1. The van der Waals surface area contributed by atoms with Gasteiger partial charge in [0.1, 0.15) is 8.80 Å². The third-order valence-electron chi connectivity index (χ3n) is 7.92. The van der Waals surface area contributed by atoms with Crippen molar-refractivity contribution in [3.05, 3.63) is 72.8 Å². The molecular weight excluding hydrogens is 460 g/mol. The van der Waals surface area contributed by atoms with Gasteiger partial charge in [0.05, 0.1) is 0 Å². The first-order chi connectivity index (χ1) is 14.7. The zero-order valence-corrected chi connectivity index (χ0v) is 22.6. The Morgan fingerprint density at radius 2 is 1.55 bits per heavy atom. The second kappa shape index (κ2) is 10.2. The van der Waals surface area contributed by atoms with Gasteiger partial charge in [-0.05, 0) is 34.6 Å². The predicted octanol–water partition coefficient (Wildman–Crippen LogP) is 6.22. The van der Waals surface area contributed by atoms with E-state index in [2.05, 4.69) is 123 Å². The smallest absolute Gasteiger partial charge is 0.110 e. The molecule has 2 atom stereocenters. The lowest BCUT2D eigenvalue weighted by atomic mass is 9.66. The van der Waals surface area contributed by atoms with E-state index in [1.807, 2.05) is 0 Å². The topological polar surface area (TPSA) is 9.23 Å². The summed E-state index contributed by atoms with van der Waals surface area (Å²) in [5.74, 6) is 0.599. The summed E-state index contributed by atoms with van der Waals surface area (Å²) < 4.78 is 6.54. The fourth-order valence-electron chi connectivity index (χ4n) is 5.45. The molecule has 0 aromatic heterocycles. The molecule has 0 amide bonds. The number of hydrogen-bond donors (Lipinski definition) is 0. The minimum absolute atomic E-state index is 0.130. The van der Waals surface area contributed by atoms with Crippen LogP contribution in [0.2, 0.25) is 5.04 Å². The van der Waals surface area contributed by atoms with Gasteiger partial charge in [-0.15, -0.1) is 0 Å². The van der Waals surface area contributed by atoms with Gasteiger partial charge in [0.2, 0.25) is 0 Å². The summed E-state index contributed by atoms with van der Waals surface area (Å²) in [6.45, 7) is 13.8. The van der Waals surface area contributed by atoms with Crippen LogP contribution in [0.25, 0.3) is 0 Å². The lowest BCUT2D eigenvalue weighted by molar-refractivity contribution is 0.0291. The maximum absolute atomic E-state index is 6.54. The highest BCUT2D eigenvalue weighted by Crippen LogP contribution is 2.56. The van der Waals surface area contributed by atoms with Gasteiger partial charge in [-0.1, -0.05) is 134 Å². The number of rotatable bonds is 9. The Hall–Kier alpha value is -1.16. The molecule has 1 aliphatic rings. The molecule has 1 aliphatic carbocycles. The van der Waals surface area contributed by atoms with Crippen LogP contribution < -0.4 is 10.4 Å². The van der Waals surface area contributed by atoms with Gasteiger partial charge in [0.25, 0.3) is 0 Å². The molecule has 0 bridgehead atoms. The second-order valence-corrected chi connectivity index (χ2v) is 15.1. The molecular formula is C28H39BrOSi. The molecule has 0 aliphatic heterocycles. The van der Waals surface area contributed by atoms with E-state index in [9.17, 15) is 0 Å². The summed E-state index contributed by atoms with van der Waals surface area (Å²) in [5, 5.41) is 4.05. The summed E-state index contributed by atoms with van der Waals surface area (Å²) in [4.78, 5) is 0. The Morgan fingerprint density at radius 1 is 1.00 bits per heavy atom. The van der Waals surface area contributed by atoms with E-state index in [1.165, 1.54) is 23.2 Å². The van der Waals surface area contributed by atoms with E-state index in [0.717, 1.165) is 18.5 Å². The normalized spacial score (nSPS) is 23.6. The molecule has 3 heteroatoms. The number of hydrogen-bond acceptors (Lipinski definition) is 1. The van der Waals surface area contributed by atoms with Crippen LogP contribution in [0.1, 0.15) is 47.5 Å². The largest absolute Gasteiger partial charge is 0.381 e. The molecule has 1 nitrogen and oxygen atoms in total. The first kappa shape index (κ1) is 24.5. The minimum Gasteiger partial charge on any atom is -0.381 e. The highest BCUT2D eigenvalue weighted by atomic mass is 79.9. The Morgan fingerprint density at radius 3 is 2.06 bits per heavy atom. The van der Waals surface area contributed by atoms with Gasteiger partial charge < -0.3 is 4.74 Å². The van der Waals surface area contributed by atoms with Crippen molar-refractivity contribution in [2.45, 2.75) is 52.5 Å². The molecule has 0 saturated heterocycles. The van der Waals surface area contributed by atoms with E-state index < -0.39 is 8.80 Å². The molecule has 2 aromatic rings. The SMILES string of the molecule is CC(C)(COCC1CCC(C)(/C=C/CBr)C1(C)C)[SiH](c1ccccc1)c1ccccc1. The third kappa shape index (κ3) is 5.43. The summed E-state index contributed by atoms with van der Waals surface area (Å²) in [6, 6.07) is 22.2. The van der Waals surface area contributed by atoms with Crippen molar-refractivity contribution < 1.29 is 4.74 Å². The molecule has 0 heterocycles. The Kier molecular flexibility index (Phi) is 8.04. The van der Waals surface area contributed by atoms with Gasteiger partial charge in [-0.2, -0.15) is 0 Å². The average Bonchev–Trinajstić information content (AvgIpc) is 2.97. The monoisotopic (exact) mass is 498 g/mol. The highest BCUT2D eigenvalue weighted by molar-refractivity contribution is 9.09. The molecule has 2 unspecified atom stereocenters. The van der Waals surface area contributed by atoms with E-state index in [1.54, 1.807) is 0 Å². The van der Waals surface area contributed by atoms with Crippen LogP contribution in [-0.2, 0) is 4.74 Å². The van der Waals surface area contributed by atoms with Crippen LogP contribution in [-0.4, -0.2) is 27.3 Å². The van der Waals surface area contributed by atoms with Gasteiger partial charge >= 0.3 is 0 Å². The Labute approximate surface area is 200 Å². The maximum atomic E-state index is 6.54. The number of allylic oxidation sites excluding steroid dienone is 2. The van der Waals surface area contributed by atoms with Crippen LogP contribution in [0.5, 0.6) is 0 Å². The summed E-state index contributed by atoms with van der Waals surface area (Å²) in [6.07, 6.45) is 7.19. The minimum atomic E-state index is -1.44. The van der Waals surface area contributed by atoms with Gasteiger partial charge in [-0.3, -0.25) is 0 Å². The van der Waals surface area contributed by atoms with Crippen molar-refractivity contribution in [2.24, 2.45) is 16.7 Å². The second-order valence-electron chi connectivity index (χ2n) is 10.7. The maximum Gasteiger partial charge on any atom is 0.110 e. The molecule has 0 N–H and O–H groups in total. The van der Waals surface area contributed by atoms with Gasteiger partial charge in [-0.25, -0.2) is 0 Å². The lowest BCUT2D eigenvalue weighted by Gasteiger charge is -2.40. The van der Waals surface area contributed by atoms with Crippen molar-refractivity contribution in [2.75, 3.05) is 18.5 Å². The summed E-state index contributed by atoms with van der Waals surface area (Å²) in [5.41, 5.74) is 0.487. The van der Waals surface area contributed by atoms with Crippen LogP contribution in [0.4, 0.5) is 0 Å². The van der Waals surface area contributed by atoms with Crippen molar-refractivity contribution in [1.29, 1.82) is 0 Å². The van der Waals surface area contributed by atoms with Gasteiger partial charge in [0, 0.05) is 18.5 Å². The van der Waals surface area contributed by atoms with Crippen LogP contribution in [0.15, 0.2) is 72.8 Å². The van der Waals surface area contributed by atoms with Crippen molar-refractivity contribution in [3.63, 3.8) is 0 Å². The van der Waals surface area contributed by atoms with Crippen LogP contribution in [0, 0.1) is 16.7 Å². The van der Waals surface area contributed by atoms with E-state index >= 15 is 0 Å². The molecule has 168 valence electrons. The molecule has 1 saturated carbocycles. The summed E-state index contributed by atoms with van der Waals surface area (Å²) in [7, 11) is -1.44. The Balaban J connectivity index is 1.72. The molecule has 3 rings (SSSR count). The number of ether oxygens (including phenoxy) is 1. The predicted molar refractivity (Wildman–Crippen MR) is 142 cm³/mol. The van der Waals surface area contributed by atoms with E-state index in [0.29, 0.717) is 5.92 Å². The van der Waals surface area contributed by atoms with Crippen LogP contribution in [0.3, 0.4) is 0 Å². The van der Waals surface area contributed by atoms with Crippen molar-refractivity contribution in [3.8, 4) is 0 Å². The molecule has 1 fully saturated rings. The van der Waals surface area contributed by atoms with Crippen molar-refractivity contribution >= 4 is 35.1 Å². The van der Waals surface area contributed by atoms with E-state index in [4.69, 9.17) is 4.74 Å². The zero-order valence-electron chi connectivity index (χ0n) is 19.9. The van der Waals surface area contributed by atoms with Gasteiger partial charge in [0.15, 0.2) is 0 Å². The average molecular weight is 500 g/mol. The molecule has 31 heavy (non-hydrogen) atoms. The third-order valence-corrected chi connectivity index (χ3v) is 12.1. The number of alkyl halides is 1. The fraction of sp³-hybridized carbons (Fsp3) is 0.500. The molecule has 0 spiro atoms. The quantitative estimate of drug-likeness (QED) is 0.226. The number of benzene rings is 2. The molecule has 2 aromatic carbocycles. The standard InChI is InChI=1S/C28H39BrOSi/c1-26(2,31(24-13-8-6-9-14-24)25-15-10-7-11-16-25)22-30-21-23-17-19-28(5,18-12-20-29)27(23,3)4/h6-16,18,23,31H,17,19-22H2,1-5H3/b18-12+. The van der Waals surface area contributed by atoms with Crippen LogP contribution >= 0.6 is 15.9 Å².